The van der Waals surface area contributed by atoms with E-state index in [0.717, 1.165) is 41.5 Å². The number of pyridine rings is 1. The lowest BCUT2D eigenvalue weighted by atomic mass is 10.0. The van der Waals surface area contributed by atoms with Gasteiger partial charge in [0.2, 0.25) is 11.8 Å². The van der Waals surface area contributed by atoms with E-state index in [2.05, 4.69) is 20.6 Å². The summed E-state index contributed by atoms with van der Waals surface area (Å²) < 4.78 is 0. The Hall–Kier alpha value is -2.61. The second-order valence-electron chi connectivity index (χ2n) is 8.13. The minimum absolute atomic E-state index is 0.138. The van der Waals surface area contributed by atoms with Crippen molar-refractivity contribution in [1.29, 1.82) is 0 Å². The Morgan fingerprint density at radius 3 is 2.81 bits per heavy atom. The third-order valence-electron chi connectivity index (χ3n) is 5.80. The van der Waals surface area contributed by atoms with Gasteiger partial charge in [0.1, 0.15) is 11.7 Å². The molecule has 0 radical (unpaired) electrons. The fourth-order valence-electron chi connectivity index (χ4n) is 4.02. The molecule has 0 saturated carbocycles. The molecule has 1 unspecified atom stereocenters. The van der Waals surface area contributed by atoms with Gasteiger partial charge in [-0.05, 0) is 61.8 Å². The van der Waals surface area contributed by atoms with E-state index in [0.29, 0.717) is 23.0 Å². The van der Waals surface area contributed by atoms with Gasteiger partial charge in [0.05, 0.1) is 16.1 Å². The first-order valence-corrected chi connectivity index (χ1v) is 11.3. The maximum absolute atomic E-state index is 13.1. The molecule has 3 heterocycles. The molecule has 1 fully saturated rings. The number of likely N-dealkylation sites (tertiary alicyclic amines) is 1. The molecule has 168 valence electrons. The summed E-state index contributed by atoms with van der Waals surface area (Å²) in [5.41, 5.74) is 2.49. The summed E-state index contributed by atoms with van der Waals surface area (Å²) in [6.07, 6.45) is 5.60. The van der Waals surface area contributed by atoms with Crippen molar-refractivity contribution >= 4 is 46.0 Å². The topological polar surface area (TPSA) is 90.1 Å². The minimum atomic E-state index is -0.738. The predicted octanol–water partition coefficient (Wildman–Crippen LogP) is 3.31. The van der Waals surface area contributed by atoms with Crippen LogP contribution in [0, 0.1) is 0 Å². The van der Waals surface area contributed by atoms with Gasteiger partial charge in [0, 0.05) is 30.7 Å². The molecule has 32 heavy (non-hydrogen) atoms. The summed E-state index contributed by atoms with van der Waals surface area (Å²) in [6, 6.07) is 8.17. The molecule has 1 aliphatic heterocycles. The monoisotopic (exact) mass is 473 g/mol. The Bertz CT molecular complexity index is 1130. The number of carbonyl (C=O) groups excluding carboxylic acids is 2. The number of halogens is 2. The predicted molar refractivity (Wildman–Crippen MR) is 126 cm³/mol. The van der Waals surface area contributed by atoms with Crippen molar-refractivity contribution in [2.75, 3.05) is 13.6 Å². The van der Waals surface area contributed by atoms with Crippen LogP contribution in [0.2, 0.25) is 10.0 Å². The van der Waals surface area contributed by atoms with E-state index in [1.165, 1.54) is 0 Å². The number of hydrogen-bond acceptors (Lipinski definition) is 4. The van der Waals surface area contributed by atoms with Crippen LogP contribution in [0.3, 0.4) is 0 Å². The molecule has 3 aromatic rings. The number of fused-ring (bicyclic) bond motifs is 1. The molecule has 1 saturated heterocycles. The number of nitrogens with one attached hydrogen (secondary N) is 3. The van der Waals surface area contributed by atoms with Gasteiger partial charge < -0.3 is 15.6 Å². The van der Waals surface area contributed by atoms with Crippen LogP contribution in [0.15, 0.2) is 42.7 Å². The van der Waals surface area contributed by atoms with Crippen molar-refractivity contribution in [3.05, 3.63) is 63.9 Å². The summed E-state index contributed by atoms with van der Waals surface area (Å²) in [7, 11) is 1.93. The van der Waals surface area contributed by atoms with E-state index in [1.54, 1.807) is 18.3 Å². The zero-order valence-corrected chi connectivity index (χ0v) is 19.2. The largest absolute Gasteiger partial charge is 0.350 e. The lowest BCUT2D eigenvalue weighted by Gasteiger charge is -2.24. The molecular weight excluding hydrogens is 449 g/mol. The Kier molecular flexibility index (Phi) is 6.98. The second-order valence-corrected chi connectivity index (χ2v) is 8.94. The summed E-state index contributed by atoms with van der Waals surface area (Å²) in [5.74, 6) is -0.403. The Morgan fingerprint density at radius 2 is 2.06 bits per heavy atom. The number of H-pyrrole nitrogens is 1. The van der Waals surface area contributed by atoms with Crippen LogP contribution >= 0.6 is 23.2 Å². The molecular formula is C23H25Cl2N5O2. The first-order valence-electron chi connectivity index (χ1n) is 10.5. The molecule has 2 atom stereocenters. The highest BCUT2D eigenvalue weighted by molar-refractivity contribution is 6.42. The Labute approximate surface area is 196 Å². The van der Waals surface area contributed by atoms with E-state index in [1.807, 2.05) is 36.3 Å². The molecule has 7 nitrogen and oxygen atoms in total. The zero-order valence-electron chi connectivity index (χ0n) is 17.7. The highest BCUT2D eigenvalue weighted by Gasteiger charge is 2.31. The molecule has 2 aromatic heterocycles. The molecule has 3 N–H and O–H groups in total. The van der Waals surface area contributed by atoms with Crippen molar-refractivity contribution in [1.82, 2.24) is 25.5 Å². The highest BCUT2D eigenvalue weighted by Crippen LogP contribution is 2.23. The van der Waals surface area contributed by atoms with Crippen LogP contribution < -0.4 is 10.6 Å². The van der Waals surface area contributed by atoms with Gasteiger partial charge in [0.15, 0.2) is 0 Å². The number of carbonyl (C=O) groups is 2. The average Bonchev–Trinajstić information content (AvgIpc) is 3.42. The number of likely N-dealkylation sites (N-methyl/N-ethyl adjacent to an activating group) is 1. The fourth-order valence-corrected chi connectivity index (χ4v) is 4.34. The number of aromatic nitrogens is 2. The smallest absolute Gasteiger partial charge is 0.243 e. The summed E-state index contributed by atoms with van der Waals surface area (Å²) in [4.78, 5) is 35.4. The summed E-state index contributed by atoms with van der Waals surface area (Å²) >= 11 is 12.2. The SMILES string of the molecule is CN1CCCC1C(=O)N[C@@H](Cc1ccc(Cl)c(Cl)c1)C(=O)NCc1cnc2[nH]ccc2c1. The summed E-state index contributed by atoms with van der Waals surface area (Å²) in [6.45, 7) is 1.18. The first-order chi connectivity index (χ1) is 15.4. The van der Waals surface area contributed by atoms with Crippen LogP contribution in [0.4, 0.5) is 0 Å². The van der Waals surface area contributed by atoms with Gasteiger partial charge in [0.25, 0.3) is 0 Å². The molecule has 9 heteroatoms. The van der Waals surface area contributed by atoms with Crippen molar-refractivity contribution in [3.8, 4) is 0 Å². The highest BCUT2D eigenvalue weighted by atomic mass is 35.5. The normalized spacial score (nSPS) is 17.4. The van der Waals surface area contributed by atoms with E-state index < -0.39 is 6.04 Å². The van der Waals surface area contributed by atoms with Gasteiger partial charge in [-0.2, -0.15) is 0 Å². The van der Waals surface area contributed by atoms with Gasteiger partial charge in [-0.1, -0.05) is 29.3 Å². The standard InChI is InChI=1S/C23H25Cl2N5O2/c1-30-8-2-3-20(30)23(32)29-19(11-14-4-5-17(24)18(25)10-14)22(31)28-13-15-9-16-6-7-26-21(16)27-12-15/h4-7,9-10,12,19-20H,2-3,8,11,13H2,1H3,(H,26,27)(H,28,31)(H,29,32)/t19-,20?/m0/s1. The van der Waals surface area contributed by atoms with E-state index in [4.69, 9.17) is 23.2 Å². The van der Waals surface area contributed by atoms with Gasteiger partial charge in [-0.25, -0.2) is 4.98 Å². The zero-order chi connectivity index (χ0) is 22.7. The van der Waals surface area contributed by atoms with Crippen molar-refractivity contribution in [3.63, 3.8) is 0 Å². The van der Waals surface area contributed by atoms with E-state index in [-0.39, 0.29) is 17.9 Å². The Morgan fingerprint density at radius 1 is 1.22 bits per heavy atom. The molecule has 0 aliphatic carbocycles. The van der Waals surface area contributed by atoms with Crippen molar-refractivity contribution < 1.29 is 9.59 Å². The molecule has 4 rings (SSSR count). The second kappa shape index (κ2) is 9.90. The lowest BCUT2D eigenvalue weighted by molar-refractivity contribution is -0.131. The maximum Gasteiger partial charge on any atom is 0.243 e. The fraction of sp³-hybridized carbons (Fsp3) is 0.348. The van der Waals surface area contributed by atoms with Crippen LogP contribution in [-0.4, -0.2) is 52.4 Å². The number of nitrogens with zero attached hydrogens (tertiary/aromatic N) is 2. The van der Waals surface area contributed by atoms with Gasteiger partial charge >= 0.3 is 0 Å². The third kappa shape index (κ3) is 5.23. The van der Waals surface area contributed by atoms with Crippen LogP contribution in [0.1, 0.15) is 24.0 Å². The summed E-state index contributed by atoms with van der Waals surface area (Å²) in [5, 5.41) is 7.71. The van der Waals surface area contributed by atoms with Crippen LogP contribution in [0.5, 0.6) is 0 Å². The molecule has 0 bridgehead atoms. The molecule has 2 amide bonds. The maximum atomic E-state index is 13.1. The van der Waals surface area contributed by atoms with Gasteiger partial charge in [-0.15, -0.1) is 0 Å². The number of hydrogen-bond donors (Lipinski definition) is 3. The van der Waals surface area contributed by atoms with Crippen LogP contribution in [-0.2, 0) is 22.6 Å². The first kappa shape index (κ1) is 22.6. The van der Waals surface area contributed by atoms with Crippen molar-refractivity contribution in [2.45, 2.75) is 37.9 Å². The number of amides is 2. The molecule has 1 aliphatic rings. The van der Waals surface area contributed by atoms with E-state index in [9.17, 15) is 9.59 Å². The molecule has 1 aromatic carbocycles. The minimum Gasteiger partial charge on any atom is -0.350 e. The molecule has 0 spiro atoms. The van der Waals surface area contributed by atoms with Crippen molar-refractivity contribution in [2.24, 2.45) is 0 Å². The Balaban J connectivity index is 1.47. The number of rotatable bonds is 7. The average molecular weight is 474 g/mol. The van der Waals surface area contributed by atoms with Crippen LogP contribution in [0.25, 0.3) is 11.0 Å². The third-order valence-corrected chi connectivity index (χ3v) is 6.54. The quantitative estimate of drug-likeness (QED) is 0.490. The lowest BCUT2D eigenvalue weighted by Crippen LogP contribution is -2.52. The van der Waals surface area contributed by atoms with Gasteiger partial charge in [-0.3, -0.25) is 14.5 Å². The number of benzene rings is 1. The van der Waals surface area contributed by atoms with E-state index >= 15 is 0 Å². The number of aromatic amines is 1.